The fraction of sp³-hybridized carbons (Fsp3) is 0.778. The first-order valence-corrected chi connectivity index (χ1v) is 4.34. The molecule has 0 fully saturated rings. The summed E-state index contributed by atoms with van der Waals surface area (Å²) in [6, 6.07) is 0. The Morgan fingerprint density at radius 1 is 1.33 bits per heavy atom. The lowest BCUT2D eigenvalue weighted by molar-refractivity contribution is 0.331. The van der Waals surface area contributed by atoms with Gasteiger partial charge in [-0.05, 0) is 26.7 Å². The Morgan fingerprint density at radius 3 is 2.25 bits per heavy atom. The van der Waals surface area contributed by atoms with Crippen molar-refractivity contribution in [3.8, 4) is 0 Å². The zero-order valence-corrected chi connectivity index (χ0v) is 8.50. The van der Waals surface area contributed by atoms with Crippen LogP contribution in [0.3, 0.4) is 0 Å². The minimum Gasteiger partial charge on any atom is -0.244 e. The molecule has 0 radical (unpaired) electrons. The van der Waals surface area contributed by atoms with Gasteiger partial charge in [0.2, 0.25) is 0 Å². The van der Waals surface area contributed by atoms with Crippen LogP contribution in [0.1, 0.15) is 46.2 Å². The first-order chi connectivity index (χ1) is 5.43. The van der Waals surface area contributed by atoms with Gasteiger partial charge >= 0.3 is 0 Å². The third-order valence-corrected chi connectivity index (χ3v) is 1.80. The summed E-state index contributed by atoms with van der Waals surface area (Å²) in [5.41, 5.74) is 1.23. The van der Waals surface area contributed by atoms with E-state index < -0.39 is 0 Å². The molecule has 0 aromatic carbocycles. The maximum absolute atomic E-state index is 4.08. The van der Waals surface area contributed by atoms with Crippen molar-refractivity contribution in [2.75, 3.05) is 0 Å². The molecule has 1 rings (SSSR count). The molecule has 0 atom stereocenters. The van der Waals surface area contributed by atoms with Crippen LogP contribution < -0.4 is 0 Å². The molecule has 68 valence electrons. The maximum atomic E-state index is 4.08. The van der Waals surface area contributed by atoms with E-state index in [2.05, 4.69) is 44.9 Å². The van der Waals surface area contributed by atoms with Gasteiger partial charge in [0.1, 0.15) is 0 Å². The second-order valence-corrected chi connectivity index (χ2v) is 4.40. The molecule has 0 N–H and O–H groups in total. The third-order valence-electron chi connectivity index (χ3n) is 1.80. The van der Waals surface area contributed by atoms with E-state index in [4.69, 9.17) is 0 Å². The summed E-state index contributed by atoms with van der Waals surface area (Å²) in [6.45, 7) is 10.7. The largest absolute Gasteiger partial charge is 0.244 e. The van der Waals surface area contributed by atoms with Crippen molar-refractivity contribution in [2.24, 2.45) is 0 Å². The molecule has 0 aliphatic heterocycles. The van der Waals surface area contributed by atoms with Gasteiger partial charge < -0.3 is 0 Å². The highest BCUT2D eigenvalue weighted by Crippen LogP contribution is 2.20. The lowest BCUT2D eigenvalue weighted by atomic mass is 10.1. The molecule has 1 aromatic heterocycles. The molecule has 0 aliphatic rings. The molecule has 0 aliphatic carbocycles. The minimum atomic E-state index is 0.0378. The summed E-state index contributed by atoms with van der Waals surface area (Å²) < 4.78 is 1.98. The summed E-state index contributed by atoms with van der Waals surface area (Å²) in [6.07, 6.45) is 1.84. The average Bonchev–Trinajstić information content (AvgIpc) is 2.30. The van der Waals surface area contributed by atoms with Gasteiger partial charge in [-0.1, -0.05) is 19.1 Å². The number of nitrogens with zero attached hydrogens (tertiary/aromatic N) is 3. The van der Waals surface area contributed by atoms with Crippen LogP contribution in [0, 0.1) is 0 Å². The van der Waals surface area contributed by atoms with Gasteiger partial charge in [0.05, 0.1) is 17.4 Å². The van der Waals surface area contributed by atoms with Crippen molar-refractivity contribution in [1.29, 1.82) is 0 Å². The van der Waals surface area contributed by atoms with E-state index in [1.807, 2.05) is 10.9 Å². The van der Waals surface area contributed by atoms with E-state index in [0.717, 1.165) is 0 Å². The molecular formula is C9H17N3. The normalized spacial score (nSPS) is 12.5. The summed E-state index contributed by atoms with van der Waals surface area (Å²) in [7, 11) is 0. The van der Waals surface area contributed by atoms with Gasteiger partial charge in [-0.3, -0.25) is 0 Å². The summed E-state index contributed by atoms with van der Waals surface area (Å²) in [5, 5.41) is 8.00. The van der Waals surface area contributed by atoms with Crippen LogP contribution in [0.4, 0.5) is 0 Å². The SMILES string of the molecule is CC(C)c1cnnn1C(C)(C)C. The molecular weight excluding hydrogens is 150 g/mol. The quantitative estimate of drug-likeness (QED) is 0.641. The van der Waals surface area contributed by atoms with Crippen LogP contribution in [0.5, 0.6) is 0 Å². The van der Waals surface area contributed by atoms with Gasteiger partial charge in [-0.15, -0.1) is 5.10 Å². The molecule has 3 nitrogen and oxygen atoms in total. The van der Waals surface area contributed by atoms with E-state index >= 15 is 0 Å². The molecule has 12 heavy (non-hydrogen) atoms. The van der Waals surface area contributed by atoms with Gasteiger partial charge in [-0.2, -0.15) is 0 Å². The Morgan fingerprint density at radius 2 is 1.92 bits per heavy atom. The summed E-state index contributed by atoms with van der Waals surface area (Å²) in [5.74, 6) is 0.485. The summed E-state index contributed by atoms with van der Waals surface area (Å²) >= 11 is 0. The van der Waals surface area contributed by atoms with E-state index in [9.17, 15) is 0 Å². The smallest absolute Gasteiger partial charge is 0.0728 e. The van der Waals surface area contributed by atoms with Crippen LogP contribution in [0.2, 0.25) is 0 Å². The van der Waals surface area contributed by atoms with E-state index in [1.165, 1.54) is 5.69 Å². The molecule has 0 unspecified atom stereocenters. The average molecular weight is 167 g/mol. The fourth-order valence-electron chi connectivity index (χ4n) is 1.16. The Bertz CT molecular complexity index is 255. The van der Waals surface area contributed by atoms with Gasteiger partial charge in [-0.25, -0.2) is 4.68 Å². The van der Waals surface area contributed by atoms with E-state index in [1.54, 1.807) is 0 Å². The number of hydrogen-bond donors (Lipinski definition) is 0. The second kappa shape index (κ2) is 2.88. The van der Waals surface area contributed by atoms with Gasteiger partial charge in [0.25, 0.3) is 0 Å². The number of rotatable bonds is 1. The summed E-state index contributed by atoms with van der Waals surface area (Å²) in [4.78, 5) is 0. The molecule has 3 heteroatoms. The van der Waals surface area contributed by atoms with Crippen molar-refractivity contribution < 1.29 is 0 Å². The lowest BCUT2D eigenvalue weighted by Gasteiger charge is -2.22. The van der Waals surface area contributed by atoms with Crippen molar-refractivity contribution in [3.63, 3.8) is 0 Å². The lowest BCUT2D eigenvalue weighted by Crippen LogP contribution is -2.25. The number of aromatic nitrogens is 3. The maximum Gasteiger partial charge on any atom is 0.0728 e. The van der Waals surface area contributed by atoms with Crippen LogP contribution >= 0.6 is 0 Å². The molecule has 0 bridgehead atoms. The minimum absolute atomic E-state index is 0.0378. The first kappa shape index (κ1) is 9.23. The zero-order valence-electron chi connectivity index (χ0n) is 8.50. The molecule has 0 amide bonds. The predicted molar refractivity (Wildman–Crippen MR) is 49.1 cm³/mol. The van der Waals surface area contributed by atoms with E-state index in [-0.39, 0.29) is 5.54 Å². The monoisotopic (exact) mass is 167 g/mol. The first-order valence-electron chi connectivity index (χ1n) is 4.34. The van der Waals surface area contributed by atoms with Crippen LogP contribution in [-0.4, -0.2) is 15.0 Å². The highest BCUT2D eigenvalue weighted by atomic mass is 15.4. The molecule has 0 saturated heterocycles. The van der Waals surface area contributed by atoms with Crippen LogP contribution in [0.25, 0.3) is 0 Å². The van der Waals surface area contributed by atoms with Crippen molar-refractivity contribution >= 4 is 0 Å². The second-order valence-electron chi connectivity index (χ2n) is 4.40. The third kappa shape index (κ3) is 1.65. The number of hydrogen-bond acceptors (Lipinski definition) is 2. The highest BCUT2D eigenvalue weighted by molar-refractivity contribution is 5.02. The molecule has 1 heterocycles. The predicted octanol–water partition coefficient (Wildman–Crippen LogP) is 2.16. The molecule has 1 aromatic rings. The Labute approximate surface area is 73.8 Å². The molecule has 0 spiro atoms. The van der Waals surface area contributed by atoms with Crippen molar-refractivity contribution in [1.82, 2.24) is 15.0 Å². The topological polar surface area (TPSA) is 30.7 Å². The van der Waals surface area contributed by atoms with Crippen molar-refractivity contribution in [3.05, 3.63) is 11.9 Å². The van der Waals surface area contributed by atoms with Crippen LogP contribution in [0.15, 0.2) is 6.20 Å². The van der Waals surface area contributed by atoms with Gasteiger partial charge in [0.15, 0.2) is 0 Å². The standard InChI is InChI=1S/C9H17N3/c1-7(2)8-6-10-11-12(8)9(3,4)5/h6-7H,1-5H3. The highest BCUT2D eigenvalue weighted by Gasteiger charge is 2.19. The fourth-order valence-corrected chi connectivity index (χ4v) is 1.16. The van der Waals surface area contributed by atoms with Crippen LogP contribution in [-0.2, 0) is 5.54 Å². The van der Waals surface area contributed by atoms with Gasteiger partial charge in [0, 0.05) is 0 Å². The molecule has 0 saturated carbocycles. The Balaban J connectivity index is 3.08. The van der Waals surface area contributed by atoms with E-state index in [0.29, 0.717) is 5.92 Å². The van der Waals surface area contributed by atoms with Crippen molar-refractivity contribution in [2.45, 2.75) is 46.1 Å². The Kier molecular flexibility index (Phi) is 2.22. The zero-order chi connectivity index (χ0) is 9.35. The Hall–Kier alpha value is -0.860.